The Morgan fingerprint density at radius 1 is 1.10 bits per heavy atom. The van der Waals surface area contributed by atoms with E-state index in [4.69, 9.17) is 4.74 Å². The lowest BCUT2D eigenvalue weighted by atomic mass is 10.0. The van der Waals surface area contributed by atoms with E-state index in [1.54, 1.807) is 0 Å². The highest BCUT2D eigenvalue weighted by molar-refractivity contribution is 7.13. The number of benzene rings is 2. The van der Waals surface area contributed by atoms with Crippen molar-refractivity contribution < 1.29 is 9.53 Å². The lowest BCUT2D eigenvalue weighted by molar-refractivity contribution is 0.0738. The maximum absolute atomic E-state index is 12.9. The predicted molar refractivity (Wildman–Crippen MR) is 116 cm³/mol. The molecule has 1 amide bonds. The summed E-state index contributed by atoms with van der Waals surface area (Å²) in [7, 11) is 0. The summed E-state index contributed by atoms with van der Waals surface area (Å²) >= 11 is 1.54. The van der Waals surface area contributed by atoms with E-state index in [-0.39, 0.29) is 5.91 Å². The normalized spacial score (nSPS) is 13.8. The van der Waals surface area contributed by atoms with Crippen molar-refractivity contribution in [1.82, 2.24) is 14.9 Å². The Morgan fingerprint density at radius 2 is 1.93 bits per heavy atom. The van der Waals surface area contributed by atoms with Crippen molar-refractivity contribution in [2.75, 3.05) is 13.2 Å². The lowest BCUT2D eigenvalue weighted by Crippen LogP contribution is -2.31. The topological polar surface area (TPSA) is 58.2 Å². The monoisotopic (exact) mass is 403 g/mol. The largest absolute Gasteiger partial charge is 0.491 e. The molecule has 2 aromatic heterocycles. The first kappa shape index (κ1) is 17.9. The summed E-state index contributed by atoms with van der Waals surface area (Å²) < 4.78 is 5.93. The third-order valence-corrected chi connectivity index (χ3v) is 6.20. The molecule has 3 heterocycles. The predicted octanol–water partition coefficient (Wildman–Crippen LogP) is 4.94. The quantitative estimate of drug-likeness (QED) is 0.516. The molecule has 0 spiro atoms. The molecule has 0 bridgehead atoms. The molecule has 5 nitrogen and oxygen atoms in total. The van der Waals surface area contributed by atoms with Gasteiger partial charge in [-0.15, -0.1) is 11.3 Å². The molecular formula is C23H21N3O2S. The fourth-order valence-corrected chi connectivity index (χ4v) is 4.60. The molecule has 4 aromatic rings. The highest BCUT2D eigenvalue weighted by Crippen LogP contribution is 2.31. The van der Waals surface area contributed by atoms with Gasteiger partial charge in [0.15, 0.2) is 0 Å². The van der Waals surface area contributed by atoms with Crippen LogP contribution in [0, 0.1) is 13.8 Å². The van der Waals surface area contributed by atoms with Gasteiger partial charge >= 0.3 is 0 Å². The Kier molecular flexibility index (Phi) is 4.36. The van der Waals surface area contributed by atoms with Gasteiger partial charge in [-0.1, -0.05) is 12.1 Å². The first-order valence-electron chi connectivity index (χ1n) is 9.65. The summed E-state index contributed by atoms with van der Waals surface area (Å²) in [5.41, 5.74) is 5.23. The number of carbonyl (C=O) groups is 1. The molecule has 6 heteroatoms. The fraction of sp³-hybridized carbons (Fsp3) is 0.217. The number of H-pyrrole nitrogens is 1. The van der Waals surface area contributed by atoms with Crippen LogP contribution in [-0.4, -0.2) is 33.9 Å². The Labute approximate surface area is 173 Å². The third-order valence-electron chi connectivity index (χ3n) is 5.21. The summed E-state index contributed by atoms with van der Waals surface area (Å²) in [5.74, 6) is 1.83. The van der Waals surface area contributed by atoms with Crippen LogP contribution in [0.1, 0.15) is 25.9 Å². The summed E-state index contributed by atoms with van der Waals surface area (Å²) in [6.07, 6.45) is 0. The van der Waals surface area contributed by atoms with Gasteiger partial charge in [0.2, 0.25) is 0 Å². The summed E-state index contributed by atoms with van der Waals surface area (Å²) in [6.45, 7) is 5.61. The molecule has 146 valence electrons. The number of aromatic amines is 1. The number of carbonyl (C=O) groups excluding carboxylic acids is 1. The van der Waals surface area contributed by atoms with Crippen molar-refractivity contribution in [3.8, 4) is 16.9 Å². The van der Waals surface area contributed by atoms with Crippen LogP contribution in [0.4, 0.5) is 0 Å². The second kappa shape index (κ2) is 7.04. The van der Waals surface area contributed by atoms with Crippen molar-refractivity contribution in [2.45, 2.75) is 20.4 Å². The highest BCUT2D eigenvalue weighted by Gasteiger charge is 2.22. The number of thiophene rings is 1. The van der Waals surface area contributed by atoms with E-state index >= 15 is 0 Å². The second-order valence-electron chi connectivity index (χ2n) is 7.36. The number of rotatable bonds is 2. The Morgan fingerprint density at radius 3 is 2.76 bits per heavy atom. The number of fused-ring (bicyclic) bond motifs is 2. The van der Waals surface area contributed by atoms with E-state index in [1.807, 2.05) is 43.0 Å². The van der Waals surface area contributed by atoms with Gasteiger partial charge in [0.1, 0.15) is 18.2 Å². The molecule has 0 radical (unpaired) electrons. The summed E-state index contributed by atoms with van der Waals surface area (Å²) in [5, 5.41) is 0. The van der Waals surface area contributed by atoms with Gasteiger partial charge in [-0.2, -0.15) is 0 Å². The van der Waals surface area contributed by atoms with Crippen LogP contribution in [0.3, 0.4) is 0 Å². The molecule has 5 rings (SSSR count). The van der Waals surface area contributed by atoms with Crippen molar-refractivity contribution in [2.24, 2.45) is 0 Å². The zero-order valence-electron chi connectivity index (χ0n) is 16.4. The van der Waals surface area contributed by atoms with E-state index < -0.39 is 0 Å². The number of ether oxygens (including phenoxy) is 1. The lowest BCUT2D eigenvalue weighted by Gasteiger charge is -2.19. The van der Waals surface area contributed by atoms with Crippen LogP contribution in [-0.2, 0) is 6.54 Å². The Bertz CT molecular complexity index is 1220. The fourth-order valence-electron chi connectivity index (χ4n) is 3.77. The molecular weight excluding hydrogens is 382 g/mol. The molecule has 0 aliphatic carbocycles. The van der Waals surface area contributed by atoms with Crippen molar-refractivity contribution in [1.29, 1.82) is 0 Å². The smallest absolute Gasteiger partial charge is 0.264 e. The molecule has 29 heavy (non-hydrogen) atoms. The molecule has 0 saturated heterocycles. The van der Waals surface area contributed by atoms with Crippen molar-refractivity contribution >= 4 is 28.3 Å². The first-order chi connectivity index (χ1) is 14.1. The van der Waals surface area contributed by atoms with Crippen LogP contribution in [0.2, 0.25) is 0 Å². The van der Waals surface area contributed by atoms with Gasteiger partial charge in [-0.05, 0) is 61.4 Å². The minimum Gasteiger partial charge on any atom is -0.491 e. The van der Waals surface area contributed by atoms with Crippen LogP contribution < -0.4 is 4.74 Å². The van der Waals surface area contributed by atoms with E-state index in [1.165, 1.54) is 11.3 Å². The Hall–Kier alpha value is -3.12. The van der Waals surface area contributed by atoms with Gasteiger partial charge in [0.25, 0.3) is 5.91 Å². The molecule has 0 fully saturated rings. The number of hydrogen-bond acceptors (Lipinski definition) is 4. The molecule has 0 atom stereocenters. The molecule has 0 unspecified atom stereocenters. The number of hydrogen-bond donors (Lipinski definition) is 1. The second-order valence-corrected chi connectivity index (χ2v) is 8.65. The van der Waals surface area contributed by atoms with E-state index in [0.717, 1.165) is 49.1 Å². The van der Waals surface area contributed by atoms with Crippen molar-refractivity contribution in [3.05, 3.63) is 69.7 Å². The van der Waals surface area contributed by atoms with Gasteiger partial charge in [-0.3, -0.25) is 4.79 Å². The molecule has 2 aromatic carbocycles. The summed E-state index contributed by atoms with van der Waals surface area (Å²) in [6, 6.07) is 16.3. The SMILES string of the molecule is Cc1nc2ccc(-c3ccc4c(c3)CN(C(=O)c3ccc(C)s3)CCO4)cc2[nH]1. The minimum atomic E-state index is 0.0688. The first-order valence-corrected chi connectivity index (χ1v) is 10.5. The third kappa shape index (κ3) is 3.40. The van der Waals surface area contributed by atoms with Crippen LogP contribution in [0.5, 0.6) is 5.75 Å². The molecule has 1 N–H and O–H groups in total. The zero-order chi connectivity index (χ0) is 20.0. The van der Waals surface area contributed by atoms with E-state index in [2.05, 4.69) is 34.2 Å². The molecule has 0 saturated carbocycles. The number of imidazole rings is 1. The molecule has 1 aliphatic rings. The number of aromatic nitrogens is 2. The van der Waals surface area contributed by atoms with Gasteiger partial charge in [0.05, 0.1) is 22.5 Å². The maximum Gasteiger partial charge on any atom is 0.264 e. The zero-order valence-corrected chi connectivity index (χ0v) is 17.2. The Balaban J connectivity index is 1.47. The van der Waals surface area contributed by atoms with Gasteiger partial charge < -0.3 is 14.6 Å². The van der Waals surface area contributed by atoms with Crippen molar-refractivity contribution in [3.63, 3.8) is 0 Å². The average Bonchev–Trinajstić information content (AvgIpc) is 3.24. The minimum absolute atomic E-state index is 0.0688. The average molecular weight is 404 g/mol. The number of amides is 1. The van der Waals surface area contributed by atoms with Crippen LogP contribution >= 0.6 is 11.3 Å². The van der Waals surface area contributed by atoms with E-state index in [9.17, 15) is 4.79 Å². The van der Waals surface area contributed by atoms with Gasteiger partial charge in [-0.25, -0.2) is 4.98 Å². The standard InChI is InChI=1S/C23H21N3O2S/c1-14-3-8-22(29-14)23(27)26-9-10-28-21-7-5-16(11-18(21)13-26)17-4-6-19-20(12-17)25-15(2)24-19/h3-8,11-12H,9-10,13H2,1-2H3,(H,24,25). The number of aryl methyl sites for hydroxylation is 2. The number of nitrogens with one attached hydrogen (secondary N) is 1. The summed E-state index contributed by atoms with van der Waals surface area (Å²) in [4.78, 5) is 24.5. The van der Waals surface area contributed by atoms with Gasteiger partial charge in [0, 0.05) is 17.0 Å². The van der Waals surface area contributed by atoms with Crippen LogP contribution in [0.25, 0.3) is 22.2 Å². The van der Waals surface area contributed by atoms with Crippen LogP contribution in [0.15, 0.2) is 48.5 Å². The van der Waals surface area contributed by atoms with E-state index in [0.29, 0.717) is 19.7 Å². The highest BCUT2D eigenvalue weighted by atomic mass is 32.1. The maximum atomic E-state index is 12.9. The number of nitrogens with zero attached hydrogens (tertiary/aromatic N) is 2. The molecule has 1 aliphatic heterocycles.